The van der Waals surface area contributed by atoms with Gasteiger partial charge in [-0.05, 0) is 41.5 Å². The Bertz CT molecular complexity index is 599. The Kier molecular flexibility index (Phi) is 3.14. The molecule has 0 amide bonds. The summed E-state index contributed by atoms with van der Waals surface area (Å²) in [5, 5.41) is 0. The molecule has 0 aliphatic rings. The van der Waals surface area contributed by atoms with Crippen LogP contribution in [0.5, 0.6) is 0 Å². The number of rotatable bonds is 2. The number of hydrogen-bond acceptors (Lipinski definition) is 1. The van der Waals surface area contributed by atoms with Crippen molar-refractivity contribution in [3.05, 3.63) is 59.2 Å². The molecule has 0 unspecified atom stereocenters. The fourth-order valence-electron chi connectivity index (χ4n) is 1.59. The van der Waals surface area contributed by atoms with Gasteiger partial charge in [0.25, 0.3) is 0 Å². The van der Waals surface area contributed by atoms with Crippen molar-refractivity contribution in [1.29, 1.82) is 0 Å². The van der Waals surface area contributed by atoms with Crippen LogP contribution in [-0.2, 0) is 0 Å². The van der Waals surface area contributed by atoms with Crippen LogP contribution in [0.25, 0.3) is 11.1 Å². The average molecular weight is 254 g/mol. The standard InChI is InChI=1S/C13H6F4O/c14-9-2-1-7(6-18)10(5-9)8-3-11(15)13(17)12(16)4-8/h1-6H. The van der Waals surface area contributed by atoms with E-state index in [4.69, 9.17) is 0 Å². The average Bonchev–Trinajstić information content (AvgIpc) is 2.35. The van der Waals surface area contributed by atoms with Crippen molar-refractivity contribution in [3.63, 3.8) is 0 Å². The van der Waals surface area contributed by atoms with Crippen LogP contribution in [0.3, 0.4) is 0 Å². The topological polar surface area (TPSA) is 17.1 Å². The van der Waals surface area contributed by atoms with Gasteiger partial charge >= 0.3 is 0 Å². The number of carbonyl (C=O) groups excluding carboxylic acids is 1. The fourth-order valence-corrected chi connectivity index (χ4v) is 1.59. The molecule has 2 aromatic carbocycles. The summed E-state index contributed by atoms with van der Waals surface area (Å²) in [4.78, 5) is 10.8. The predicted molar refractivity (Wildman–Crippen MR) is 57.1 cm³/mol. The third kappa shape index (κ3) is 2.11. The third-order valence-corrected chi connectivity index (χ3v) is 2.44. The van der Waals surface area contributed by atoms with Crippen molar-refractivity contribution < 1.29 is 22.4 Å². The Labute approximate surface area is 99.7 Å². The first-order valence-corrected chi connectivity index (χ1v) is 4.92. The van der Waals surface area contributed by atoms with Gasteiger partial charge in [-0.2, -0.15) is 0 Å². The molecule has 0 radical (unpaired) electrons. The quantitative estimate of drug-likeness (QED) is 0.453. The van der Waals surface area contributed by atoms with Crippen molar-refractivity contribution in [2.45, 2.75) is 0 Å². The molecule has 2 aromatic rings. The zero-order valence-electron chi connectivity index (χ0n) is 8.88. The molecular weight excluding hydrogens is 248 g/mol. The number of aldehydes is 1. The molecule has 0 atom stereocenters. The van der Waals surface area contributed by atoms with Gasteiger partial charge in [-0.1, -0.05) is 0 Å². The summed E-state index contributed by atoms with van der Waals surface area (Å²) in [7, 11) is 0. The van der Waals surface area contributed by atoms with Gasteiger partial charge in [-0.3, -0.25) is 4.79 Å². The number of halogens is 4. The monoisotopic (exact) mass is 254 g/mol. The van der Waals surface area contributed by atoms with E-state index >= 15 is 0 Å². The van der Waals surface area contributed by atoms with E-state index < -0.39 is 23.3 Å². The Hall–Kier alpha value is -2.17. The maximum atomic E-state index is 13.1. The van der Waals surface area contributed by atoms with E-state index in [1.54, 1.807) is 0 Å². The van der Waals surface area contributed by atoms with E-state index in [9.17, 15) is 22.4 Å². The Morgan fingerprint density at radius 1 is 0.889 bits per heavy atom. The first-order valence-electron chi connectivity index (χ1n) is 4.92. The first kappa shape index (κ1) is 12.3. The Morgan fingerprint density at radius 3 is 2.06 bits per heavy atom. The maximum absolute atomic E-state index is 13.1. The second kappa shape index (κ2) is 4.60. The molecule has 2 rings (SSSR count). The molecule has 92 valence electrons. The van der Waals surface area contributed by atoms with Crippen LogP contribution in [0.2, 0.25) is 0 Å². The SMILES string of the molecule is O=Cc1ccc(F)cc1-c1cc(F)c(F)c(F)c1. The lowest BCUT2D eigenvalue weighted by Crippen LogP contribution is -1.95. The molecule has 0 aliphatic carbocycles. The van der Waals surface area contributed by atoms with Gasteiger partial charge in [-0.15, -0.1) is 0 Å². The summed E-state index contributed by atoms with van der Waals surface area (Å²) in [5.74, 6) is -5.07. The molecule has 1 nitrogen and oxygen atoms in total. The van der Waals surface area contributed by atoms with Gasteiger partial charge in [0.05, 0.1) is 0 Å². The predicted octanol–water partition coefficient (Wildman–Crippen LogP) is 3.72. The van der Waals surface area contributed by atoms with Crippen molar-refractivity contribution in [3.8, 4) is 11.1 Å². The smallest absolute Gasteiger partial charge is 0.194 e. The van der Waals surface area contributed by atoms with Crippen molar-refractivity contribution in [2.75, 3.05) is 0 Å². The number of carbonyl (C=O) groups is 1. The van der Waals surface area contributed by atoms with E-state index in [1.807, 2.05) is 0 Å². The van der Waals surface area contributed by atoms with Crippen LogP contribution in [0.4, 0.5) is 17.6 Å². The highest BCUT2D eigenvalue weighted by Crippen LogP contribution is 2.26. The lowest BCUT2D eigenvalue weighted by atomic mass is 10.00. The fraction of sp³-hybridized carbons (Fsp3) is 0. The number of hydrogen-bond donors (Lipinski definition) is 0. The molecule has 0 spiro atoms. The minimum Gasteiger partial charge on any atom is -0.298 e. The summed E-state index contributed by atoms with van der Waals surface area (Å²) < 4.78 is 52.0. The normalized spacial score (nSPS) is 10.4. The van der Waals surface area contributed by atoms with Crippen LogP contribution >= 0.6 is 0 Å². The molecule has 5 heteroatoms. The van der Waals surface area contributed by atoms with Crippen LogP contribution in [-0.4, -0.2) is 6.29 Å². The van der Waals surface area contributed by atoms with Crippen LogP contribution < -0.4 is 0 Å². The first-order chi connectivity index (χ1) is 8.52. The highest BCUT2D eigenvalue weighted by molar-refractivity contribution is 5.87. The van der Waals surface area contributed by atoms with Crippen molar-refractivity contribution in [2.24, 2.45) is 0 Å². The van der Waals surface area contributed by atoms with Crippen LogP contribution in [0.15, 0.2) is 30.3 Å². The summed E-state index contributed by atoms with van der Waals surface area (Å²) in [6.07, 6.45) is 0.425. The lowest BCUT2D eigenvalue weighted by Gasteiger charge is -2.06. The zero-order valence-corrected chi connectivity index (χ0v) is 8.88. The van der Waals surface area contributed by atoms with E-state index in [0.717, 1.165) is 12.1 Å². The molecule has 0 N–H and O–H groups in total. The minimum atomic E-state index is -1.61. The Morgan fingerprint density at radius 2 is 1.50 bits per heavy atom. The highest BCUT2D eigenvalue weighted by Gasteiger charge is 2.14. The molecular formula is C13H6F4O. The maximum Gasteiger partial charge on any atom is 0.194 e. The van der Waals surface area contributed by atoms with E-state index in [0.29, 0.717) is 18.4 Å². The van der Waals surface area contributed by atoms with E-state index in [2.05, 4.69) is 0 Å². The summed E-state index contributed by atoms with van der Waals surface area (Å²) in [6.45, 7) is 0. The van der Waals surface area contributed by atoms with Gasteiger partial charge in [0.2, 0.25) is 0 Å². The summed E-state index contributed by atoms with van der Waals surface area (Å²) >= 11 is 0. The van der Waals surface area contributed by atoms with E-state index in [1.165, 1.54) is 6.07 Å². The number of benzene rings is 2. The molecule has 0 aromatic heterocycles. The van der Waals surface area contributed by atoms with Gasteiger partial charge < -0.3 is 0 Å². The second-order valence-corrected chi connectivity index (χ2v) is 3.60. The third-order valence-electron chi connectivity index (χ3n) is 2.44. The second-order valence-electron chi connectivity index (χ2n) is 3.60. The van der Waals surface area contributed by atoms with Gasteiger partial charge in [0.15, 0.2) is 23.7 Å². The molecule has 0 heterocycles. The molecule has 0 fully saturated rings. The Balaban J connectivity index is 2.68. The highest BCUT2D eigenvalue weighted by atomic mass is 19.2. The van der Waals surface area contributed by atoms with Crippen molar-refractivity contribution >= 4 is 6.29 Å². The van der Waals surface area contributed by atoms with Crippen molar-refractivity contribution in [1.82, 2.24) is 0 Å². The molecule has 0 aliphatic heterocycles. The minimum absolute atomic E-state index is 0.00259. The van der Waals surface area contributed by atoms with Crippen LogP contribution in [0, 0.1) is 23.3 Å². The molecule has 0 saturated heterocycles. The summed E-state index contributed by atoms with van der Waals surface area (Å²) in [5.41, 5.74) is -0.0439. The van der Waals surface area contributed by atoms with Gasteiger partial charge in [0.1, 0.15) is 5.82 Å². The van der Waals surface area contributed by atoms with Crippen LogP contribution in [0.1, 0.15) is 10.4 Å². The van der Waals surface area contributed by atoms with Gasteiger partial charge in [0, 0.05) is 5.56 Å². The summed E-state index contributed by atoms with van der Waals surface area (Å²) in [6, 6.07) is 4.59. The zero-order chi connectivity index (χ0) is 13.3. The molecule has 0 saturated carbocycles. The van der Waals surface area contributed by atoms with E-state index in [-0.39, 0.29) is 16.7 Å². The molecule has 0 bridgehead atoms. The lowest BCUT2D eigenvalue weighted by molar-refractivity contribution is 0.112. The van der Waals surface area contributed by atoms with Gasteiger partial charge in [-0.25, -0.2) is 17.6 Å². The molecule has 18 heavy (non-hydrogen) atoms. The largest absolute Gasteiger partial charge is 0.298 e.